The highest BCUT2D eigenvalue weighted by atomic mass is 16.5. The molecule has 0 aromatic rings. The van der Waals surface area contributed by atoms with Crippen molar-refractivity contribution in [3.8, 4) is 0 Å². The molecule has 0 spiro atoms. The van der Waals surface area contributed by atoms with Crippen LogP contribution in [-0.2, 0) is 4.74 Å². The quantitative estimate of drug-likeness (QED) is 0.676. The van der Waals surface area contributed by atoms with E-state index >= 15 is 0 Å². The van der Waals surface area contributed by atoms with Crippen LogP contribution in [0.2, 0.25) is 0 Å². The Morgan fingerprint density at radius 2 is 1.59 bits per heavy atom. The van der Waals surface area contributed by atoms with Crippen LogP contribution in [0.5, 0.6) is 0 Å². The van der Waals surface area contributed by atoms with Gasteiger partial charge in [0.05, 0.1) is 12.1 Å². The summed E-state index contributed by atoms with van der Waals surface area (Å²) in [7, 11) is 1.77. The second-order valence-corrected chi connectivity index (χ2v) is 5.91. The van der Waals surface area contributed by atoms with Gasteiger partial charge in [0.1, 0.15) is 0 Å². The SMILES string of the molecule is CCC(CN)(COC)N(CC(C)C)CC(C)C. The minimum absolute atomic E-state index is 0.00326. The maximum absolute atomic E-state index is 6.04. The molecule has 104 valence electrons. The molecule has 0 aromatic carbocycles. The lowest BCUT2D eigenvalue weighted by Gasteiger charge is -2.44. The molecule has 0 amide bonds. The summed E-state index contributed by atoms with van der Waals surface area (Å²) in [6, 6.07) is 0. The van der Waals surface area contributed by atoms with Crippen molar-refractivity contribution in [2.45, 2.75) is 46.6 Å². The van der Waals surface area contributed by atoms with E-state index in [0.29, 0.717) is 18.4 Å². The van der Waals surface area contributed by atoms with Crippen molar-refractivity contribution in [2.75, 3.05) is 33.4 Å². The first-order chi connectivity index (χ1) is 7.91. The van der Waals surface area contributed by atoms with Gasteiger partial charge in [-0.15, -0.1) is 0 Å². The van der Waals surface area contributed by atoms with E-state index in [2.05, 4.69) is 39.5 Å². The van der Waals surface area contributed by atoms with Gasteiger partial charge < -0.3 is 10.5 Å². The summed E-state index contributed by atoms with van der Waals surface area (Å²) in [5.74, 6) is 1.31. The molecular formula is C14H32N2O. The Kier molecular flexibility index (Phi) is 8.01. The zero-order chi connectivity index (χ0) is 13.5. The van der Waals surface area contributed by atoms with Crippen LogP contribution in [0.1, 0.15) is 41.0 Å². The van der Waals surface area contributed by atoms with Gasteiger partial charge in [-0.2, -0.15) is 0 Å². The van der Waals surface area contributed by atoms with Crippen LogP contribution < -0.4 is 5.73 Å². The van der Waals surface area contributed by atoms with Crippen molar-refractivity contribution in [1.29, 1.82) is 0 Å². The molecule has 3 heteroatoms. The Morgan fingerprint density at radius 3 is 1.82 bits per heavy atom. The first-order valence-corrected chi connectivity index (χ1v) is 6.85. The summed E-state index contributed by atoms with van der Waals surface area (Å²) in [5, 5.41) is 0. The molecule has 0 fully saturated rings. The Labute approximate surface area is 108 Å². The van der Waals surface area contributed by atoms with Crippen molar-refractivity contribution in [1.82, 2.24) is 4.90 Å². The molecule has 1 atom stereocenters. The zero-order valence-corrected chi connectivity index (χ0v) is 12.6. The Balaban J connectivity index is 4.90. The minimum Gasteiger partial charge on any atom is -0.383 e. The minimum atomic E-state index is 0.00326. The maximum atomic E-state index is 6.04. The molecule has 0 aliphatic rings. The first kappa shape index (κ1) is 16.9. The molecule has 17 heavy (non-hydrogen) atoms. The number of nitrogens with two attached hydrogens (primary N) is 1. The van der Waals surface area contributed by atoms with E-state index < -0.39 is 0 Å². The smallest absolute Gasteiger partial charge is 0.0658 e. The van der Waals surface area contributed by atoms with E-state index in [1.165, 1.54) is 0 Å². The molecule has 3 nitrogen and oxygen atoms in total. The van der Waals surface area contributed by atoms with Crippen LogP contribution >= 0.6 is 0 Å². The molecule has 0 aliphatic heterocycles. The van der Waals surface area contributed by atoms with E-state index in [4.69, 9.17) is 10.5 Å². The predicted molar refractivity (Wildman–Crippen MR) is 75.2 cm³/mol. The van der Waals surface area contributed by atoms with Gasteiger partial charge in [0.15, 0.2) is 0 Å². The van der Waals surface area contributed by atoms with Crippen molar-refractivity contribution in [3.05, 3.63) is 0 Å². The third kappa shape index (κ3) is 5.36. The van der Waals surface area contributed by atoms with E-state index in [1.807, 2.05) is 0 Å². The highest BCUT2D eigenvalue weighted by Gasteiger charge is 2.34. The van der Waals surface area contributed by atoms with Gasteiger partial charge >= 0.3 is 0 Å². The number of rotatable bonds is 9. The van der Waals surface area contributed by atoms with Gasteiger partial charge in [-0.05, 0) is 18.3 Å². The van der Waals surface area contributed by atoms with Gasteiger partial charge in [0.2, 0.25) is 0 Å². The maximum Gasteiger partial charge on any atom is 0.0658 e. The summed E-state index contributed by atoms with van der Waals surface area (Å²) in [5.41, 5.74) is 6.04. The van der Waals surface area contributed by atoms with Crippen molar-refractivity contribution in [3.63, 3.8) is 0 Å². The van der Waals surface area contributed by atoms with Crippen molar-refractivity contribution >= 4 is 0 Å². The van der Waals surface area contributed by atoms with Crippen LogP contribution in [0.3, 0.4) is 0 Å². The molecular weight excluding hydrogens is 212 g/mol. The number of ether oxygens (including phenoxy) is 1. The highest BCUT2D eigenvalue weighted by molar-refractivity contribution is 4.91. The first-order valence-electron chi connectivity index (χ1n) is 6.85. The second-order valence-electron chi connectivity index (χ2n) is 5.91. The number of hydrogen-bond donors (Lipinski definition) is 1. The van der Waals surface area contributed by atoms with E-state index in [0.717, 1.165) is 26.1 Å². The number of hydrogen-bond acceptors (Lipinski definition) is 3. The largest absolute Gasteiger partial charge is 0.383 e. The summed E-state index contributed by atoms with van der Waals surface area (Å²) >= 11 is 0. The summed E-state index contributed by atoms with van der Waals surface area (Å²) in [6.07, 6.45) is 1.04. The lowest BCUT2D eigenvalue weighted by Crippen LogP contribution is -2.58. The fraction of sp³-hybridized carbons (Fsp3) is 1.00. The third-order valence-corrected chi connectivity index (χ3v) is 3.29. The molecule has 0 saturated heterocycles. The van der Waals surface area contributed by atoms with Crippen LogP contribution in [0.15, 0.2) is 0 Å². The standard InChI is InChI=1S/C14H32N2O/c1-7-14(10-15,11-17-6)16(8-12(2)3)9-13(4)5/h12-13H,7-11,15H2,1-6H3. The number of methoxy groups -OCH3 is 1. The lowest BCUT2D eigenvalue weighted by molar-refractivity contribution is -0.00143. The van der Waals surface area contributed by atoms with Gasteiger partial charge in [-0.3, -0.25) is 4.90 Å². The van der Waals surface area contributed by atoms with Crippen LogP contribution in [-0.4, -0.2) is 43.8 Å². The molecule has 0 saturated carbocycles. The lowest BCUT2D eigenvalue weighted by atomic mass is 9.92. The predicted octanol–water partition coefficient (Wildman–Crippen LogP) is 2.35. The molecule has 0 aromatic heterocycles. The Morgan fingerprint density at radius 1 is 1.12 bits per heavy atom. The van der Waals surface area contributed by atoms with Gasteiger partial charge in [0, 0.05) is 26.7 Å². The molecule has 0 rings (SSSR count). The average molecular weight is 244 g/mol. The van der Waals surface area contributed by atoms with E-state index in [-0.39, 0.29) is 5.54 Å². The Bertz CT molecular complexity index is 179. The van der Waals surface area contributed by atoms with Gasteiger partial charge in [-0.25, -0.2) is 0 Å². The monoisotopic (exact) mass is 244 g/mol. The molecule has 2 N–H and O–H groups in total. The average Bonchev–Trinajstić information content (AvgIpc) is 2.24. The fourth-order valence-corrected chi connectivity index (χ4v) is 2.36. The molecule has 0 radical (unpaired) electrons. The van der Waals surface area contributed by atoms with Crippen molar-refractivity contribution in [2.24, 2.45) is 17.6 Å². The molecule has 0 bridgehead atoms. The van der Waals surface area contributed by atoms with Gasteiger partial charge in [0.25, 0.3) is 0 Å². The second kappa shape index (κ2) is 8.06. The van der Waals surface area contributed by atoms with E-state index in [1.54, 1.807) is 7.11 Å². The fourth-order valence-electron chi connectivity index (χ4n) is 2.36. The van der Waals surface area contributed by atoms with Gasteiger partial charge in [-0.1, -0.05) is 34.6 Å². The summed E-state index contributed by atoms with van der Waals surface area (Å²) < 4.78 is 5.41. The van der Waals surface area contributed by atoms with Crippen LogP contribution in [0.4, 0.5) is 0 Å². The van der Waals surface area contributed by atoms with E-state index in [9.17, 15) is 0 Å². The molecule has 1 unspecified atom stereocenters. The third-order valence-electron chi connectivity index (χ3n) is 3.29. The summed E-state index contributed by atoms with van der Waals surface area (Å²) in [6.45, 7) is 14.8. The summed E-state index contributed by atoms with van der Waals surface area (Å²) in [4.78, 5) is 2.53. The molecule has 0 aliphatic carbocycles. The zero-order valence-electron chi connectivity index (χ0n) is 12.6. The topological polar surface area (TPSA) is 38.5 Å². The number of nitrogens with zero attached hydrogens (tertiary/aromatic N) is 1. The van der Waals surface area contributed by atoms with Crippen LogP contribution in [0, 0.1) is 11.8 Å². The highest BCUT2D eigenvalue weighted by Crippen LogP contribution is 2.22. The normalized spacial score (nSPS) is 15.9. The molecule has 0 heterocycles. The van der Waals surface area contributed by atoms with Crippen molar-refractivity contribution < 1.29 is 4.74 Å². The van der Waals surface area contributed by atoms with Crippen LogP contribution in [0.25, 0.3) is 0 Å². The Hall–Kier alpha value is -0.120.